The Morgan fingerprint density at radius 1 is 1.10 bits per heavy atom. The van der Waals surface area contributed by atoms with Crippen molar-refractivity contribution >= 4 is 5.91 Å². The van der Waals surface area contributed by atoms with E-state index in [0.717, 1.165) is 74.7 Å². The van der Waals surface area contributed by atoms with Gasteiger partial charge in [-0.25, -0.2) is 0 Å². The van der Waals surface area contributed by atoms with Crippen LogP contribution < -0.4 is 21.7 Å². The van der Waals surface area contributed by atoms with E-state index in [-0.39, 0.29) is 18.5 Å². The Labute approximate surface area is 250 Å². The molecule has 5 N–H and O–H groups in total. The van der Waals surface area contributed by atoms with Crippen molar-refractivity contribution in [2.45, 2.75) is 83.4 Å². The van der Waals surface area contributed by atoms with Gasteiger partial charge in [-0.2, -0.15) is 13.2 Å². The van der Waals surface area contributed by atoms with Crippen LogP contribution in [-0.4, -0.2) is 44.3 Å². The Balaban J connectivity index is 2.00. The standard InChI is InChI=1S/C34H49F3N4O/c1-4-6-15-28(19-22-38)32(42)41-30(5-2)20-24-39-23-13-12-21-33(25-40-26-34(35,36)37,29-16-8-7-9-17-29)31-18-11-10-14-27(31)3/h4,6,8,10-11,14-19,22,30,39-40H,5,7,9,12-13,20-21,23-26,38H2,1-3H3,(H,41,42)/b6-4-,22-19+,28-15+. The summed E-state index contributed by atoms with van der Waals surface area (Å²) in [6.07, 6.45) is 16.4. The third-order valence-electron chi connectivity index (χ3n) is 7.67. The number of unbranched alkanes of at least 4 members (excludes halogenated alkanes) is 1. The second-order valence-corrected chi connectivity index (χ2v) is 10.8. The minimum atomic E-state index is -4.26. The summed E-state index contributed by atoms with van der Waals surface area (Å²) in [7, 11) is 0. The monoisotopic (exact) mass is 586 g/mol. The highest BCUT2D eigenvalue weighted by molar-refractivity contribution is 5.96. The predicted octanol–water partition coefficient (Wildman–Crippen LogP) is 6.68. The molecule has 1 aliphatic rings. The van der Waals surface area contributed by atoms with Gasteiger partial charge in [0, 0.05) is 23.6 Å². The fourth-order valence-corrected chi connectivity index (χ4v) is 5.45. The summed E-state index contributed by atoms with van der Waals surface area (Å²) >= 11 is 0. The van der Waals surface area contributed by atoms with Crippen molar-refractivity contribution in [1.82, 2.24) is 16.0 Å². The topological polar surface area (TPSA) is 79.2 Å². The second kappa shape index (κ2) is 18.4. The van der Waals surface area contributed by atoms with Crippen molar-refractivity contribution in [3.8, 4) is 0 Å². The number of allylic oxidation sites excluding steroid dienone is 6. The number of carbonyl (C=O) groups is 1. The van der Waals surface area contributed by atoms with Crippen molar-refractivity contribution < 1.29 is 18.0 Å². The van der Waals surface area contributed by atoms with E-state index in [4.69, 9.17) is 5.73 Å². The molecule has 0 aromatic heterocycles. The molecule has 2 rings (SSSR count). The first-order valence-electron chi connectivity index (χ1n) is 15.1. The van der Waals surface area contributed by atoms with Crippen molar-refractivity contribution in [2.24, 2.45) is 5.73 Å². The van der Waals surface area contributed by atoms with E-state index >= 15 is 0 Å². The lowest BCUT2D eigenvalue weighted by molar-refractivity contribution is -0.125. The van der Waals surface area contributed by atoms with E-state index in [0.29, 0.717) is 5.57 Å². The van der Waals surface area contributed by atoms with Gasteiger partial charge in [-0.1, -0.05) is 68.0 Å². The van der Waals surface area contributed by atoms with Crippen LogP contribution in [0.15, 0.2) is 84.1 Å². The maximum absolute atomic E-state index is 13.1. The van der Waals surface area contributed by atoms with Crippen molar-refractivity contribution in [3.05, 3.63) is 95.3 Å². The molecule has 8 heteroatoms. The molecule has 0 bridgehead atoms. The normalized spacial score (nSPS) is 16.5. The van der Waals surface area contributed by atoms with Crippen LogP contribution in [0.4, 0.5) is 13.2 Å². The summed E-state index contributed by atoms with van der Waals surface area (Å²) in [5.74, 6) is -0.153. The summed E-state index contributed by atoms with van der Waals surface area (Å²) in [5.41, 5.74) is 8.73. The molecule has 0 radical (unpaired) electrons. The molecule has 232 valence electrons. The molecule has 5 nitrogen and oxygen atoms in total. The van der Waals surface area contributed by atoms with Crippen molar-refractivity contribution in [2.75, 3.05) is 26.2 Å². The van der Waals surface area contributed by atoms with E-state index in [1.54, 1.807) is 18.2 Å². The maximum atomic E-state index is 13.1. The van der Waals surface area contributed by atoms with Gasteiger partial charge < -0.3 is 21.7 Å². The summed E-state index contributed by atoms with van der Waals surface area (Å²) in [4.78, 5) is 12.7. The first-order valence-corrected chi connectivity index (χ1v) is 15.1. The molecule has 0 heterocycles. The highest BCUT2D eigenvalue weighted by Gasteiger charge is 2.37. The van der Waals surface area contributed by atoms with Gasteiger partial charge in [0.2, 0.25) is 0 Å². The van der Waals surface area contributed by atoms with E-state index in [1.807, 2.05) is 45.0 Å². The number of alkyl halides is 3. The summed E-state index contributed by atoms with van der Waals surface area (Å²) < 4.78 is 39.4. The van der Waals surface area contributed by atoms with Gasteiger partial charge in [-0.15, -0.1) is 0 Å². The fourth-order valence-electron chi connectivity index (χ4n) is 5.45. The second-order valence-electron chi connectivity index (χ2n) is 10.8. The van der Waals surface area contributed by atoms with Gasteiger partial charge in [-0.3, -0.25) is 4.79 Å². The van der Waals surface area contributed by atoms with Crippen LogP contribution >= 0.6 is 0 Å². The molecule has 0 spiro atoms. The zero-order chi connectivity index (χ0) is 30.8. The van der Waals surface area contributed by atoms with E-state index in [1.165, 1.54) is 6.20 Å². The maximum Gasteiger partial charge on any atom is 0.401 e. The first kappa shape index (κ1) is 35.1. The van der Waals surface area contributed by atoms with Gasteiger partial charge in [0.25, 0.3) is 5.91 Å². The van der Waals surface area contributed by atoms with Crippen molar-refractivity contribution in [3.63, 3.8) is 0 Å². The van der Waals surface area contributed by atoms with Gasteiger partial charge in [0.1, 0.15) is 0 Å². The lowest BCUT2D eigenvalue weighted by atomic mass is 9.68. The third kappa shape index (κ3) is 11.6. The van der Waals surface area contributed by atoms with Crippen LogP contribution in [0.1, 0.15) is 69.9 Å². The quantitative estimate of drug-likeness (QED) is 0.0879. The van der Waals surface area contributed by atoms with Gasteiger partial charge in [0.15, 0.2) is 0 Å². The molecule has 0 aliphatic heterocycles. The minimum Gasteiger partial charge on any atom is -0.405 e. The number of carbonyl (C=O) groups excluding carboxylic acids is 1. The molecule has 2 unspecified atom stereocenters. The number of nitrogens with one attached hydrogen (secondary N) is 3. The summed E-state index contributed by atoms with van der Waals surface area (Å²) in [6, 6.07) is 8.08. The summed E-state index contributed by atoms with van der Waals surface area (Å²) in [5, 5.41) is 9.32. The molecular formula is C34H49F3N4O. The fraction of sp³-hybridized carbons (Fsp3) is 0.500. The molecule has 2 atom stereocenters. The highest BCUT2D eigenvalue weighted by atomic mass is 19.4. The zero-order valence-electron chi connectivity index (χ0n) is 25.4. The average Bonchev–Trinajstić information content (AvgIpc) is 2.97. The lowest BCUT2D eigenvalue weighted by Crippen LogP contribution is -2.43. The number of halogens is 3. The number of nitrogens with two attached hydrogens (primary N) is 1. The molecule has 0 fully saturated rings. The Morgan fingerprint density at radius 2 is 1.88 bits per heavy atom. The highest BCUT2D eigenvalue weighted by Crippen LogP contribution is 2.41. The number of hydrogen-bond acceptors (Lipinski definition) is 4. The number of rotatable bonds is 18. The zero-order valence-corrected chi connectivity index (χ0v) is 25.4. The van der Waals surface area contributed by atoms with Crippen LogP contribution in [0.2, 0.25) is 0 Å². The number of hydrogen-bond donors (Lipinski definition) is 4. The average molecular weight is 587 g/mol. The first-order chi connectivity index (χ1) is 20.2. The van der Waals surface area contributed by atoms with Crippen LogP contribution in [0.25, 0.3) is 0 Å². The van der Waals surface area contributed by atoms with Gasteiger partial charge in [0.05, 0.1) is 6.54 Å². The smallest absolute Gasteiger partial charge is 0.401 e. The Bertz CT molecular complexity index is 1120. The Morgan fingerprint density at radius 3 is 2.52 bits per heavy atom. The summed E-state index contributed by atoms with van der Waals surface area (Å²) in [6.45, 7) is 6.73. The minimum absolute atomic E-state index is 0.0311. The van der Waals surface area contributed by atoms with Crippen LogP contribution in [-0.2, 0) is 10.2 Å². The molecule has 1 aromatic carbocycles. The molecular weight excluding hydrogens is 537 g/mol. The SMILES string of the molecule is C\C=C/C=C(\C=C\N)C(=O)NC(CC)CCNCCCCC(CNCC(F)(F)F)(C1=CCCC=C1)c1ccccc1C. The largest absolute Gasteiger partial charge is 0.405 e. The number of aryl methyl sites for hydroxylation is 1. The number of benzene rings is 1. The molecule has 0 saturated carbocycles. The van der Waals surface area contributed by atoms with E-state index in [2.05, 4.69) is 40.2 Å². The van der Waals surface area contributed by atoms with Crippen molar-refractivity contribution in [1.29, 1.82) is 0 Å². The molecule has 1 amide bonds. The Kier molecular flexibility index (Phi) is 15.4. The third-order valence-corrected chi connectivity index (χ3v) is 7.67. The van der Waals surface area contributed by atoms with Crippen LogP contribution in [0.5, 0.6) is 0 Å². The Hall–Kier alpha value is -3.10. The van der Waals surface area contributed by atoms with E-state index in [9.17, 15) is 18.0 Å². The van der Waals surface area contributed by atoms with Gasteiger partial charge in [-0.05, 0) is 101 Å². The molecule has 0 saturated heterocycles. The molecule has 1 aromatic rings. The number of amides is 1. The van der Waals surface area contributed by atoms with Crippen LogP contribution in [0.3, 0.4) is 0 Å². The van der Waals surface area contributed by atoms with Crippen LogP contribution in [0, 0.1) is 6.92 Å². The lowest BCUT2D eigenvalue weighted by Gasteiger charge is -2.39. The van der Waals surface area contributed by atoms with Gasteiger partial charge >= 0.3 is 6.18 Å². The molecule has 42 heavy (non-hydrogen) atoms. The predicted molar refractivity (Wildman–Crippen MR) is 168 cm³/mol. The molecule has 1 aliphatic carbocycles. The van der Waals surface area contributed by atoms with E-state index < -0.39 is 18.1 Å².